The summed E-state index contributed by atoms with van der Waals surface area (Å²) in [7, 11) is 1.70. The highest BCUT2D eigenvalue weighted by molar-refractivity contribution is 6.07. The topological polar surface area (TPSA) is 108 Å². The number of urea groups is 1. The molecule has 1 atom stereocenters. The van der Waals surface area contributed by atoms with Gasteiger partial charge in [0.2, 0.25) is 0 Å². The van der Waals surface area contributed by atoms with Gasteiger partial charge in [-0.25, -0.2) is 4.79 Å². The standard InChI is InChI=1S/C29H37N3O5/c1-19(2)15-23-16-20(8-10-25(23)37-3)7-9-24(22-6-4-5-21(17-22)18-26(33)34)32-13-11-29(12-14-32)27(35)30-28(36)31-29/h4-6,8,10,16-17,19,24H,7,9,11-15,18H2,1-3H3,(H,33,34)(H2,30,31,35,36). The Hall–Kier alpha value is -3.39. The lowest BCUT2D eigenvalue weighted by atomic mass is 9.85. The van der Waals surface area contributed by atoms with E-state index in [1.807, 2.05) is 24.3 Å². The maximum absolute atomic E-state index is 12.4. The van der Waals surface area contributed by atoms with Gasteiger partial charge in [0.1, 0.15) is 11.3 Å². The fourth-order valence-corrected chi connectivity index (χ4v) is 5.63. The van der Waals surface area contributed by atoms with Crippen LogP contribution in [-0.4, -0.2) is 53.7 Å². The van der Waals surface area contributed by atoms with E-state index in [1.54, 1.807) is 7.11 Å². The Morgan fingerprint density at radius 3 is 2.49 bits per heavy atom. The van der Waals surface area contributed by atoms with Crippen LogP contribution in [0.25, 0.3) is 0 Å². The van der Waals surface area contributed by atoms with Crippen molar-refractivity contribution in [1.82, 2.24) is 15.5 Å². The highest BCUT2D eigenvalue weighted by Gasteiger charge is 2.48. The predicted octanol–water partition coefficient (Wildman–Crippen LogP) is 3.87. The summed E-state index contributed by atoms with van der Waals surface area (Å²) in [5.74, 6) is 0.331. The normalized spacial score (nSPS) is 18.1. The molecule has 2 saturated heterocycles. The minimum absolute atomic E-state index is 0.0209. The number of piperidine rings is 1. The van der Waals surface area contributed by atoms with Crippen LogP contribution in [-0.2, 0) is 28.9 Å². The molecule has 0 aliphatic carbocycles. The van der Waals surface area contributed by atoms with Crippen molar-refractivity contribution in [3.05, 3.63) is 64.7 Å². The summed E-state index contributed by atoms with van der Waals surface area (Å²) < 4.78 is 5.58. The zero-order valence-corrected chi connectivity index (χ0v) is 21.9. The van der Waals surface area contributed by atoms with Crippen molar-refractivity contribution in [3.63, 3.8) is 0 Å². The van der Waals surface area contributed by atoms with Gasteiger partial charge in [-0.15, -0.1) is 0 Å². The first-order valence-electron chi connectivity index (χ1n) is 13.0. The molecule has 2 heterocycles. The molecule has 8 heteroatoms. The molecule has 2 aromatic rings. The number of methoxy groups -OCH3 is 1. The molecule has 0 saturated carbocycles. The van der Waals surface area contributed by atoms with Crippen molar-refractivity contribution in [1.29, 1.82) is 0 Å². The number of carbonyl (C=O) groups excluding carboxylic acids is 2. The summed E-state index contributed by atoms with van der Waals surface area (Å²) in [5, 5.41) is 14.5. The number of hydrogen-bond acceptors (Lipinski definition) is 5. The quantitative estimate of drug-likeness (QED) is 0.422. The van der Waals surface area contributed by atoms with Crippen molar-refractivity contribution in [3.8, 4) is 5.75 Å². The van der Waals surface area contributed by atoms with Crippen molar-refractivity contribution < 1.29 is 24.2 Å². The minimum atomic E-state index is -0.854. The Kier molecular flexibility index (Phi) is 8.17. The van der Waals surface area contributed by atoms with Crippen molar-refractivity contribution in [2.45, 2.75) is 64.0 Å². The first-order valence-corrected chi connectivity index (χ1v) is 13.0. The molecule has 2 aliphatic rings. The summed E-state index contributed by atoms with van der Waals surface area (Å²) in [4.78, 5) is 37.9. The lowest BCUT2D eigenvalue weighted by molar-refractivity contribution is -0.136. The third-order valence-electron chi connectivity index (χ3n) is 7.48. The largest absolute Gasteiger partial charge is 0.496 e. The summed E-state index contributed by atoms with van der Waals surface area (Å²) in [6.07, 6.45) is 3.69. The SMILES string of the molecule is COc1ccc(CCC(c2cccc(CC(=O)O)c2)N2CCC3(CC2)NC(=O)NC3=O)cc1CC(C)C. The predicted molar refractivity (Wildman–Crippen MR) is 141 cm³/mol. The molecule has 3 amide bonds. The van der Waals surface area contributed by atoms with E-state index in [-0.39, 0.29) is 18.4 Å². The number of carbonyl (C=O) groups is 3. The number of nitrogens with zero attached hydrogens (tertiary/aromatic N) is 1. The Bertz CT molecular complexity index is 1150. The van der Waals surface area contributed by atoms with Crippen molar-refractivity contribution in [2.24, 2.45) is 5.92 Å². The van der Waals surface area contributed by atoms with Gasteiger partial charge in [0.15, 0.2) is 0 Å². The second-order valence-corrected chi connectivity index (χ2v) is 10.6. The first-order chi connectivity index (χ1) is 17.7. The van der Waals surface area contributed by atoms with Gasteiger partial charge in [0, 0.05) is 19.1 Å². The van der Waals surface area contributed by atoms with Crippen LogP contribution in [0.2, 0.25) is 0 Å². The molecule has 2 fully saturated rings. The zero-order chi connectivity index (χ0) is 26.6. The number of amides is 3. The van der Waals surface area contributed by atoms with E-state index in [2.05, 4.69) is 47.6 Å². The van der Waals surface area contributed by atoms with Gasteiger partial charge in [-0.3, -0.25) is 19.8 Å². The van der Waals surface area contributed by atoms with Crippen molar-refractivity contribution >= 4 is 17.9 Å². The number of aliphatic carboxylic acids is 1. The number of nitrogens with one attached hydrogen (secondary N) is 2. The number of imide groups is 1. The van der Waals surface area contributed by atoms with Gasteiger partial charge in [0.25, 0.3) is 5.91 Å². The molecule has 198 valence electrons. The summed E-state index contributed by atoms with van der Waals surface area (Å²) in [5.41, 5.74) is 3.46. The van der Waals surface area contributed by atoms with Crippen molar-refractivity contribution in [2.75, 3.05) is 20.2 Å². The van der Waals surface area contributed by atoms with E-state index >= 15 is 0 Å². The van der Waals surface area contributed by atoms with Crippen LogP contribution < -0.4 is 15.4 Å². The lowest BCUT2D eigenvalue weighted by Gasteiger charge is -2.41. The molecule has 1 spiro atoms. The van der Waals surface area contributed by atoms with Gasteiger partial charge in [-0.2, -0.15) is 0 Å². The number of likely N-dealkylation sites (tertiary alicyclic amines) is 1. The molecule has 0 bridgehead atoms. The monoisotopic (exact) mass is 507 g/mol. The van der Waals surface area contributed by atoms with E-state index in [1.165, 1.54) is 11.1 Å². The summed E-state index contributed by atoms with van der Waals surface area (Å²) in [6.45, 7) is 5.70. The number of aryl methyl sites for hydroxylation is 1. The molecule has 0 aromatic heterocycles. The Morgan fingerprint density at radius 2 is 1.86 bits per heavy atom. The number of ether oxygens (including phenoxy) is 1. The van der Waals surface area contributed by atoms with Crippen LogP contribution in [0, 0.1) is 5.92 Å². The van der Waals surface area contributed by atoms with Crippen LogP contribution in [0.15, 0.2) is 42.5 Å². The fraction of sp³-hybridized carbons (Fsp3) is 0.483. The van der Waals surface area contributed by atoms with Crippen LogP contribution in [0.5, 0.6) is 5.75 Å². The molecule has 0 radical (unpaired) electrons. The van der Waals surface area contributed by atoms with Gasteiger partial charge in [-0.05, 0) is 66.3 Å². The number of hydrogen-bond donors (Lipinski definition) is 3. The highest BCUT2D eigenvalue weighted by Crippen LogP contribution is 2.34. The summed E-state index contributed by atoms with van der Waals surface area (Å²) in [6, 6.07) is 13.8. The lowest BCUT2D eigenvalue weighted by Crippen LogP contribution is -2.55. The smallest absolute Gasteiger partial charge is 0.322 e. The maximum atomic E-state index is 12.4. The number of carboxylic acid groups (broad SMARTS) is 1. The molecule has 1 unspecified atom stereocenters. The van der Waals surface area contributed by atoms with Gasteiger partial charge in [-0.1, -0.05) is 50.2 Å². The number of benzene rings is 2. The molecule has 3 N–H and O–H groups in total. The number of carboxylic acids is 1. The van der Waals surface area contributed by atoms with E-state index < -0.39 is 17.5 Å². The highest BCUT2D eigenvalue weighted by atomic mass is 16.5. The van der Waals surface area contributed by atoms with E-state index in [0.717, 1.165) is 36.1 Å². The summed E-state index contributed by atoms with van der Waals surface area (Å²) >= 11 is 0. The number of rotatable bonds is 10. The van der Waals surface area contributed by atoms with Crippen LogP contribution >= 0.6 is 0 Å². The average molecular weight is 508 g/mol. The van der Waals surface area contributed by atoms with Gasteiger partial charge < -0.3 is 15.2 Å². The fourth-order valence-electron chi connectivity index (χ4n) is 5.63. The van der Waals surface area contributed by atoms with E-state index in [4.69, 9.17) is 4.74 Å². The van der Waals surface area contributed by atoms with E-state index in [0.29, 0.717) is 31.8 Å². The minimum Gasteiger partial charge on any atom is -0.496 e. The third-order valence-corrected chi connectivity index (χ3v) is 7.48. The molecular formula is C29H37N3O5. The van der Waals surface area contributed by atoms with Crippen LogP contribution in [0.3, 0.4) is 0 Å². The zero-order valence-electron chi connectivity index (χ0n) is 21.9. The van der Waals surface area contributed by atoms with Gasteiger partial charge in [0.05, 0.1) is 13.5 Å². The Morgan fingerprint density at radius 1 is 1.11 bits per heavy atom. The molecule has 2 aliphatic heterocycles. The van der Waals surface area contributed by atoms with Gasteiger partial charge >= 0.3 is 12.0 Å². The Balaban J connectivity index is 1.56. The average Bonchev–Trinajstić information content (AvgIpc) is 3.12. The molecule has 37 heavy (non-hydrogen) atoms. The van der Waals surface area contributed by atoms with Crippen LogP contribution in [0.1, 0.15) is 61.4 Å². The molecule has 4 rings (SSSR count). The second-order valence-electron chi connectivity index (χ2n) is 10.6. The molecule has 2 aromatic carbocycles. The first kappa shape index (κ1) is 26.7. The third kappa shape index (κ3) is 6.31. The maximum Gasteiger partial charge on any atom is 0.322 e. The van der Waals surface area contributed by atoms with Crippen LogP contribution in [0.4, 0.5) is 4.79 Å². The van der Waals surface area contributed by atoms with E-state index in [9.17, 15) is 19.5 Å². The molecular weight excluding hydrogens is 470 g/mol. The molecule has 8 nitrogen and oxygen atoms in total. The Labute approximate surface area is 218 Å². The second kappa shape index (κ2) is 11.3.